The Morgan fingerprint density at radius 2 is 2.43 bits per heavy atom. The Bertz CT molecular complexity index is 177. The average Bonchev–Trinajstić information content (AvgIpc) is 2.63. The summed E-state index contributed by atoms with van der Waals surface area (Å²) in [6.07, 6.45) is 0.857. The van der Waals surface area contributed by atoms with Crippen LogP contribution in [0, 0.1) is 11.8 Å². The van der Waals surface area contributed by atoms with Crippen molar-refractivity contribution in [3.63, 3.8) is 0 Å². The maximum absolute atomic E-state index is 11.2. The van der Waals surface area contributed by atoms with Gasteiger partial charge in [-0.25, -0.2) is 4.79 Å². The van der Waals surface area contributed by atoms with Gasteiger partial charge in [-0.15, -0.1) is 0 Å². The van der Waals surface area contributed by atoms with Crippen molar-refractivity contribution in [1.29, 1.82) is 0 Å². The molecule has 1 atom stereocenters. The highest BCUT2D eigenvalue weighted by atomic mass is 16.5. The van der Waals surface area contributed by atoms with E-state index in [-0.39, 0.29) is 6.09 Å². The van der Waals surface area contributed by atoms with Crippen molar-refractivity contribution in [2.24, 2.45) is 11.8 Å². The van der Waals surface area contributed by atoms with Crippen LogP contribution in [0.15, 0.2) is 0 Å². The Morgan fingerprint density at radius 1 is 1.64 bits per heavy atom. The van der Waals surface area contributed by atoms with Crippen LogP contribution in [-0.4, -0.2) is 32.3 Å². The molecule has 2 N–H and O–H groups in total. The van der Waals surface area contributed by atoms with E-state index in [1.165, 1.54) is 0 Å². The molecule has 0 aliphatic carbocycles. The van der Waals surface area contributed by atoms with Gasteiger partial charge in [-0.2, -0.15) is 0 Å². The number of alkyl carbamates (subject to hydrolysis) is 1. The predicted octanol–water partition coefficient (Wildman–Crippen LogP) is 0.978. The molecule has 0 aromatic carbocycles. The van der Waals surface area contributed by atoms with Crippen molar-refractivity contribution >= 4 is 6.09 Å². The van der Waals surface area contributed by atoms with Crippen molar-refractivity contribution in [1.82, 2.24) is 10.6 Å². The first-order valence-corrected chi connectivity index (χ1v) is 5.30. The first-order valence-electron chi connectivity index (χ1n) is 5.30. The predicted molar refractivity (Wildman–Crippen MR) is 55.2 cm³/mol. The number of amides is 1. The highest BCUT2D eigenvalue weighted by Crippen LogP contribution is 2.05. The van der Waals surface area contributed by atoms with Crippen LogP contribution in [-0.2, 0) is 4.74 Å². The number of hydrogen-bond acceptors (Lipinski definition) is 3. The molecule has 0 aromatic heterocycles. The van der Waals surface area contributed by atoms with Crippen molar-refractivity contribution in [2.75, 3.05) is 26.2 Å². The van der Waals surface area contributed by atoms with E-state index >= 15 is 0 Å². The van der Waals surface area contributed by atoms with Crippen LogP contribution in [0.2, 0.25) is 0 Å². The van der Waals surface area contributed by atoms with Gasteiger partial charge in [-0.05, 0) is 31.3 Å². The van der Waals surface area contributed by atoms with E-state index in [0.717, 1.165) is 26.1 Å². The summed E-state index contributed by atoms with van der Waals surface area (Å²) in [5, 5.41) is 6.03. The first-order chi connectivity index (χ1) is 6.68. The minimum Gasteiger partial charge on any atom is -0.449 e. The van der Waals surface area contributed by atoms with Gasteiger partial charge in [0, 0.05) is 6.54 Å². The lowest BCUT2D eigenvalue weighted by Gasteiger charge is -2.11. The fraction of sp³-hybridized carbons (Fsp3) is 0.900. The summed E-state index contributed by atoms with van der Waals surface area (Å²) < 4.78 is 4.99. The zero-order chi connectivity index (χ0) is 10.4. The molecular weight excluding hydrogens is 180 g/mol. The summed E-state index contributed by atoms with van der Waals surface area (Å²) in [5.74, 6) is 0.968. The summed E-state index contributed by atoms with van der Waals surface area (Å²) >= 11 is 0. The second-order valence-corrected chi connectivity index (χ2v) is 4.23. The van der Waals surface area contributed by atoms with Gasteiger partial charge >= 0.3 is 6.09 Å². The number of hydrogen-bond donors (Lipinski definition) is 2. The highest BCUT2D eigenvalue weighted by Gasteiger charge is 2.15. The van der Waals surface area contributed by atoms with E-state index < -0.39 is 0 Å². The zero-order valence-electron chi connectivity index (χ0n) is 9.01. The number of rotatable bonds is 4. The number of ether oxygens (including phenoxy) is 1. The third-order valence-corrected chi connectivity index (χ3v) is 2.25. The Morgan fingerprint density at radius 3 is 3.00 bits per heavy atom. The molecule has 1 fully saturated rings. The lowest BCUT2D eigenvalue weighted by molar-refractivity contribution is 0.132. The van der Waals surface area contributed by atoms with Gasteiger partial charge in [-0.1, -0.05) is 13.8 Å². The van der Waals surface area contributed by atoms with E-state index in [2.05, 4.69) is 10.6 Å². The second-order valence-electron chi connectivity index (χ2n) is 4.23. The summed E-state index contributed by atoms with van der Waals surface area (Å²) in [7, 11) is 0. The lowest BCUT2D eigenvalue weighted by Crippen LogP contribution is -2.31. The second kappa shape index (κ2) is 5.86. The topological polar surface area (TPSA) is 50.4 Å². The fourth-order valence-corrected chi connectivity index (χ4v) is 1.41. The Labute approximate surface area is 85.4 Å². The van der Waals surface area contributed by atoms with Gasteiger partial charge in [0.05, 0.1) is 6.61 Å². The average molecular weight is 200 g/mol. The molecule has 14 heavy (non-hydrogen) atoms. The van der Waals surface area contributed by atoms with Gasteiger partial charge in [0.1, 0.15) is 0 Å². The molecule has 0 aromatic rings. The highest BCUT2D eigenvalue weighted by molar-refractivity contribution is 5.67. The Kier molecular flexibility index (Phi) is 4.73. The van der Waals surface area contributed by atoms with Crippen molar-refractivity contribution in [2.45, 2.75) is 20.3 Å². The third kappa shape index (κ3) is 4.46. The van der Waals surface area contributed by atoms with Gasteiger partial charge in [-0.3, -0.25) is 0 Å². The molecule has 1 aliphatic rings. The van der Waals surface area contributed by atoms with Gasteiger partial charge < -0.3 is 15.4 Å². The fourth-order valence-electron chi connectivity index (χ4n) is 1.41. The molecule has 1 heterocycles. The smallest absolute Gasteiger partial charge is 0.407 e. The molecule has 1 amide bonds. The summed E-state index contributed by atoms with van der Waals surface area (Å²) in [6.45, 7) is 7.33. The molecule has 1 rings (SSSR count). The zero-order valence-corrected chi connectivity index (χ0v) is 9.01. The minimum absolute atomic E-state index is 0.286. The van der Waals surface area contributed by atoms with Crippen LogP contribution in [0.5, 0.6) is 0 Å². The molecule has 0 spiro atoms. The van der Waals surface area contributed by atoms with Crippen LogP contribution < -0.4 is 10.6 Å². The molecule has 0 saturated carbocycles. The summed E-state index contributed by atoms with van der Waals surface area (Å²) in [6, 6.07) is 0. The Hall–Kier alpha value is -0.770. The van der Waals surface area contributed by atoms with Crippen LogP contribution >= 0.6 is 0 Å². The quantitative estimate of drug-likeness (QED) is 0.711. The molecule has 1 saturated heterocycles. The lowest BCUT2D eigenvalue weighted by atomic mass is 10.1. The van der Waals surface area contributed by atoms with E-state index in [9.17, 15) is 4.79 Å². The molecule has 0 bridgehead atoms. The molecule has 4 heteroatoms. The maximum Gasteiger partial charge on any atom is 0.407 e. The normalized spacial score (nSPS) is 21.2. The molecule has 4 nitrogen and oxygen atoms in total. The van der Waals surface area contributed by atoms with E-state index in [0.29, 0.717) is 18.4 Å². The van der Waals surface area contributed by atoms with E-state index in [4.69, 9.17) is 4.74 Å². The van der Waals surface area contributed by atoms with Gasteiger partial charge in [0.2, 0.25) is 0 Å². The minimum atomic E-state index is -0.286. The maximum atomic E-state index is 11.2. The standard InChI is InChI=1S/C10H20N2O2/c1-8(2)7-14-10(13)12-6-9-3-4-11-5-9/h8-9,11H,3-7H2,1-2H3,(H,12,13). The number of carbonyl (C=O) groups excluding carboxylic acids is 1. The number of carbonyl (C=O) groups is 1. The first kappa shape index (κ1) is 11.3. The van der Waals surface area contributed by atoms with Crippen molar-refractivity contribution < 1.29 is 9.53 Å². The molecule has 1 unspecified atom stereocenters. The summed E-state index contributed by atoms with van der Waals surface area (Å²) in [5.41, 5.74) is 0. The Balaban J connectivity index is 2.02. The third-order valence-electron chi connectivity index (χ3n) is 2.25. The SMILES string of the molecule is CC(C)COC(=O)NCC1CCNC1. The van der Waals surface area contributed by atoms with Crippen LogP contribution in [0.3, 0.4) is 0 Å². The van der Waals surface area contributed by atoms with E-state index in [1.54, 1.807) is 0 Å². The van der Waals surface area contributed by atoms with Crippen LogP contribution in [0.25, 0.3) is 0 Å². The van der Waals surface area contributed by atoms with Gasteiger partial charge in [0.25, 0.3) is 0 Å². The largest absolute Gasteiger partial charge is 0.449 e. The summed E-state index contributed by atoms with van der Waals surface area (Å²) in [4.78, 5) is 11.2. The van der Waals surface area contributed by atoms with Gasteiger partial charge in [0.15, 0.2) is 0 Å². The molecule has 82 valence electrons. The molecule has 1 aliphatic heterocycles. The van der Waals surface area contributed by atoms with Crippen molar-refractivity contribution in [3.8, 4) is 0 Å². The van der Waals surface area contributed by atoms with E-state index in [1.807, 2.05) is 13.8 Å². The number of nitrogens with one attached hydrogen (secondary N) is 2. The molecule has 0 radical (unpaired) electrons. The molecular formula is C10H20N2O2. The monoisotopic (exact) mass is 200 g/mol. The van der Waals surface area contributed by atoms with Crippen LogP contribution in [0.1, 0.15) is 20.3 Å². The van der Waals surface area contributed by atoms with Crippen molar-refractivity contribution in [3.05, 3.63) is 0 Å². The van der Waals surface area contributed by atoms with Crippen LogP contribution in [0.4, 0.5) is 4.79 Å².